The minimum Gasteiger partial charge on any atom is -0.309 e. The van der Waals surface area contributed by atoms with E-state index in [1.807, 2.05) is 11.3 Å². The molecule has 0 spiro atoms. The number of rotatable bonds is 7. The van der Waals surface area contributed by atoms with Gasteiger partial charge in [-0.25, -0.2) is 0 Å². The van der Waals surface area contributed by atoms with Crippen LogP contribution in [0.4, 0.5) is 17.1 Å². The fraction of sp³-hybridized carbons (Fsp3) is 0. The fourth-order valence-electron chi connectivity index (χ4n) is 9.49. The monoisotopic (exact) mass is 805 g/mol. The molecule has 1 nitrogen and oxygen atoms in total. The quantitative estimate of drug-likeness (QED) is 0.145. The maximum Gasteiger partial charge on any atom is 0.0640 e. The highest BCUT2D eigenvalue weighted by atomic mass is 32.1. The van der Waals surface area contributed by atoms with Gasteiger partial charge in [-0.05, 0) is 125 Å². The van der Waals surface area contributed by atoms with Gasteiger partial charge in [0.05, 0.1) is 10.4 Å². The molecule has 0 aliphatic heterocycles. The number of anilines is 3. The van der Waals surface area contributed by atoms with Gasteiger partial charge in [0.25, 0.3) is 0 Å². The molecule has 0 unspecified atom stereocenters. The summed E-state index contributed by atoms with van der Waals surface area (Å²) >= 11 is 1.87. The predicted octanol–water partition coefficient (Wildman–Crippen LogP) is 17.7. The maximum atomic E-state index is 2.43. The van der Waals surface area contributed by atoms with Gasteiger partial charge in [0, 0.05) is 26.8 Å². The third-order valence-corrected chi connectivity index (χ3v) is 13.7. The van der Waals surface area contributed by atoms with E-state index >= 15 is 0 Å². The van der Waals surface area contributed by atoms with E-state index in [1.54, 1.807) is 0 Å². The number of fused-ring (bicyclic) bond motifs is 7. The SMILES string of the molecule is c1ccc(-c2c(-c3ccccc3)c3cc(-c4ccc(N(c5ccc(-c6ccc7ccccc7c6)cc5)c5cccc6c5sc5ccccc56)cc4)ccc3c3ccccc23)cc1. The molecule has 0 atom stereocenters. The Morgan fingerprint density at radius 1 is 0.274 bits per heavy atom. The van der Waals surface area contributed by atoms with E-state index in [-0.39, 0.29) is 0 Å². The van der Waals surface area contributed by atoms with Gasteiger partial charge >= 0.3 is 0 Å². The largest absolute Gasteiger partial charge is 0.309 e. The number of hydrogen-bond donors (Lipinski definition) is 0. The van der Waals surface area contributed by atoms with Gasteiger partial charge in [-0.2, -0.15) is 0 Å². The van der Waals surface area contributed by atoms with Crippen LogP contribution in [0.5, 0.6) is 0 Å². The summed E-state index contributed by atoms with van der Waals surface area (Å²) < 4.78 is 2.58. The zero-order chi connectivity index (χ0) is 41.0. The number of benzene rings is 11. The molecular formula is C60H39NS. The molecule has 1 aromatic heterocycles. The summed E-state index contributed by atoms with van der Waals surface area (Å²) in [5.41, 5.74) is 13.1. The predicted molar refractivity (Wildman–Crippen MR) is 268 cm³/mol. The first-order valence-electron chi connectivity index (χ1n) is 21.2. The molecule has 62 heavy (non-hydrogen) atoms. The summed E-state index contributed by atoms with van der Waals surface area (Å²) in [4.78, 5) is 2.43. The molecule has 12 aromatic rings. The zero-order valence-electron chi connectivity index (χ0n) is 33.9. The Labute approximate surface area is 365 Å². The normalized spacial score (nSPS) is 11.5. The first kappa shape index (κ1) is 36.1. The van der Waals surface area contributed by atoms with Crippen molar-refractivity contribution in [1.82, 2.24) is 0 Å². The standard InChI is InChI=1S/C60H39NS/c1-3-15-43(16-4-1)58-53-22-10-9-20-50(53)51-37-32-47(39-55(51)59(58)44-17-5-2-6-18-44)42-30-35-49(36-31-42)61(56-24-13-23-54-52-21-11-12-25-57(52)62-60(54)56)48-33-28-41(29-34-48)46-27-26-40-14-7-8-19-45(40)38-46/h1-39H. The van der Waals surface area contributed by atoms with Crippen LogP contribution in [-0.2, 0) is 0 Å². The molecule has 12 rings (SSSR count). The van der Waals surface area contributed by atoms with Crippen LogP contribution in [0.25, 0.3) is 97.0 Å². The molecule has 0 fully saturated rings. The molecule has 0 aliphatic rings. The third kappa shape index (κ3) is 6.15. The van der Waals surface area contributed by atoms with Gasteiger partial charge in [0.2, 0.25) is 0 Å². The van der Waals surface area contributed by atoms with Crippen molar-refractivity contribution in [3.05, 3.63) is 237 Å². The summed E-state index contributed by atoms with van der Waals surface area (Å²) in [7, 11) is 0. The lowest BCUT2D eigenvalue weighted by atomic mass is 9.84. The average Bonchev–Trinajstić information content (AvgIpc) is 3.74. The zero-order valence-corrected chi connectivity index (χ0v) is 34.7. The van der Waals surface area contributed by atoms with E-state index in [0.29, 0.717) is 0 Å². The van der Waals surface area contributed by atoms with E-state index in [9.17, 15) is 0 Å². The molecular weight excluding hydrogens is 767 g/mol. The second-order valence-electron chi connectivity index (χ2n) is 16.0. The van der Waals surface area contributed by atoms with Crippen molar-refractivity contribution in [1.29, 1.82) is 0 Å². The lowest BCUT2D eigenvalue weighted by molar-refractivity contribution is 1.30. The Kier molecular flexibility index (Phi) is 8.76. The fourth-order valence-corrected chi connectivity index (χ4v) is 10.7. The van der Waals surface area contributed by atoms with E-state index < -0.39 is 0 Å². The summed E-state index contributed by atoms with van der Waals surface area (Å²) in [6, 6.07) is 86.7. The van der Waals surface area contributed by atoms with Crippen LogP contribution < -0.4 is 4.90 Å². The molecule has 290 valence electrons. The third-order valence-electron chi connectivity index (χ3n) is 12.4. The molecule has 11 aromatic carbocycles. The molecule has 0 bridgehead atoms. The van der Waals surface area contributed by atoms with Crippen LogP contribution in [0.3, 0.4) is 0 Å². The maximum absolute atomic E-state index is 2.43. The van der Waals surface area contributed by atoms with Crippen LogP contribution >= 0.6 is 11.3 Å². The summed E-state index contributed by atoms with van der Waals surface area (Å²) in [5.74, 6) is 0. The Hall–Kier alpha value is -7.78. The highest BCUT2D eigenvalue weighted by Gasteiger charge is 2.20. The molecule has 1 heterocycles. The summed E-state index contributed by atoms with van der Waals surface area (Å²) in [6.07, 6.45) is 0. The number of thiophene rings is 1. The highest BCUT2D eigenvalue weighted by Crippen LogP contribution is 2.47. The lowest BCUT2D eigenvalue weighted by Crippen LogP contribution is -2.10. The molecule has 2 heteroatoms. The van der Waals surface area contributed by atoms with Crippen molar-refractivity contribution in [3.63, 3.8) is 0 Å². The van der Waals surface area contributed by atoms with Crippen LogP contribution in [0.2, 0.25) is 0 Å². The Bertz CT molecular complexity index is 3610. The second-order valence-corrected chi connectivity index (χ2v) is 17.1. The summed E-state index contributed by atoms with van der Waals surface area (Å²) in [5, 5.41) is 10.1. The van der Waals surface area contributed by atoms with Crippen molar-refractivity contribution in [3.8, 4) is 44.5 Å². The van der Waals surface area contributed by atoms with Crippen LogP contribution in [0.1, 0.15) is 0 Å². The van der Waals surface area contributed by atoms with Crippen molar-refractivity contribution >= 4 is 80.9 Å². The minimum absolute atomic E-state index is 1.11. The Morgan fingerprint density at radius 2 is 0.774 bits per heavy atom. The van der Waals surface area contributed by atoms with Crippen molar-refractivity contribution < 1.29 is 0 Å². The van der Waals surface area contributed by atoms with E-state index in [1.165, 1.54) is 103 Å². The van der Waals surface area contributed by atoms with E-state index in [4.69, 9.17) is 0 Å². The van der Waals surface area contributed by atoms with Crippen molar-refractivity contribution in [2.24, 2.45) is 0 Å². The van der Waals surface area contributed by atoms with Gasteiger partial charge < -0.3 is 4.90 Å². The number of hydrogen-bond acceptors (Lipinski definition) is 2. The van der Waals surface area contributed by atoms with E-state index in [0.717, 1.165) is 11.4 Å². The topological polar surface area (TPSA) is 3.24 Å². The Morgan fingerprint density at radius 3 is 1.47 bits per heavy atom. The minimum atomic E-state index is 1.11. The van der Waals surface area contributed by atoms with Crippen molar-refractivity contribution in [2.45, 2.75) is 0 Å². The molecule has 0 saturated heterocycles. The first-order valence-corrected chi connectivity index (χ1v) is 22.1. The summed E-state index contributed by atoms with van der Waals surface area (Å²) in [6.45, 7) is 0. The van der Waals surface area contributed by atoms with Crippen LogP contribution in [-0.4, -0.2) is 0 Å². The molecule has 0 saturated carbocycles. The van der Waals surface area contributed by atoms with Gasteiger partial charge in [-0.3, -0.25) is 0 Å². The molecule has 0 amide bonds. The molecule has 0 N–H and O–H groups in total. The molecule has 0 radical (unpaired) electrons. The van der Waals surface area contributed by atoms with Gasteiger partial charge in [0.15, 0.2) is 0 Å². The smallest absolute Gasteiger partial charge is 0.0640 e. The average molecular weight is 806 g/mol. The van der Waals surface area contributed by atoms with Crippen LogP contribution in [0, 0.1) is 0 Å². The van der Waals surface area contributed by atoms with Gasteiger partial charge in [-0.1, -0.05) is 188 Å². The molecule has 0 aliphatic carbocycles. The van der Waals surface area contributed by atoms with E-state index in [2.05, 4.69) is 241 Å². The van der Waals surface area contributed by atoms with Crippen LogP contribution in [0.15, 0.2) is 237 Å². The lowest BCUT2D eigenvalue weighted by Gasteiger charge is -2.26. The highest BCUT2D eigenvalue weighted by molar-refractivity contribution is 7.26. The second kappa shape index (κ2) is 15.0. The Balaban J connectivity index is 1.00. The number of nitrogens with zero attached hydrogens (tertiary/aromatic N) is 1. The van der Waals surface area contributed by atoms with Gasteiger partial charge in [0.1, 0.15) is 0 Å². The first-order chi connectivity index (χ1) is 30.7. The van der Waals surface area contributed by atoms with Gasteiger partial charge in [-0.15, -0.1) is 11.3 Å². The van der Waals surface area contributed by atoms with Crippen molar-refractivity contribution in [2.75, 3.05) is 4.90 Å².